The van der Waals surface area contributed by atoms with Crippen LogP contribution in [-0.4, -0.2) is 53.0 Å². The number of esters is 2. The van der Waals surface area contributed by atoms with Crippen LogP contribution in [0.2, 0.25) is 36.3 Å². The maximum atomic E-state index is 13.7. The molecule has 0 aromatic carbocycles. The summed E-state index contributed by atoms with van der Waals surface area (Å²) < 4.78 is 26.1. The molecule has 6 nitrogen and oxygen atoms in total. The molecule has 0 aromatic rings. The van der Waals surface area contributed by atoms with E-state index in [1.807, 2.05) is 6.92 Å². The van der Waals surface area contributed by atoms with Crippen molar-refractivity contribution in [1.29, 1.82) is 0 Å². The fraction of sp³-hybridized carbons (Fsp3) is 0.838. The number of hydrogen-bond donors (Lipinski definition) is 0. The Kier molecular flexibility index (Phi) is 12.0. The highest BCUT2D eigenvalue weighted by Gasteiger charge is 2.47. The van der Waals surface area contributed by atoms with E-state index in [9.17, 15) is 9.59 Å². The quantitative estimate of drug-likeness (QED) is 0.162. The summed E-state index contributed by atoms with van der Waals surface area (Å²) in [4.78, 5) is 26.4. The fourth-order valence-corrected chi connectivity index (χ4v) is 9.15. The van der Waals surface area contributed by atoms with Gasteiger partial charge in [-0.15, -0.1) is 0 Å². The minimum atomic E-state index is -2.05. The van der Waals surface area contributed by atoms with Crippen molar-refractivity contribution in [2.24, 2.45) is 23.2 Å². The van der Waals surface area contributed by atoms with Crippen LogP contribution in [0.3, 0.4) is 0 Å². The molecule has 3 rings (SSSR count). The van der Waals surface area contributed by atoms with Crippen LogP contribution in [0, 0.1) is 23.2 Å². The first-order valence-corrected chi connectivity index (χ1v) is 23.5. The van der Waals surface area contributed by atoms with Crippen LogP contribution in [0.4, 0.5) is 0 Å². The van der Waals surface area contributed by atoms with Crippen molar-refractivity contribution in [3.8, 4) is 0 Å². The van der Waals surface area contributed by atoms with Crippen LogP contribution in [0.1, 0.15) is 114 Å². The number of carbonyl (C=O) groups is 2. The third-order valence-corrected chi connectivity index (χ3v) is 21.3. The molecule has 0 aromatic heterocycles. The van der Waals surface area contributed by atoms with Crippen molar-refractivity contribution in [2.45, 2.75) is 175 Å². The van der Waals surface area contributed by atoms with Gasteiger partial charge < -0.3 is 18.3 Å². The van der Waals surface area contributed by atoms with E-state index in [0.29, 0.717) is 18.8 Å². The first-order valence-electron chi connectivity index (χ1n) is 17.7. The van der Waals surface area contributed by atoms with Gasteiger partial charge in [0.15, 0.2) is 16.6 Å². The monoisotopic (exact) mass is 662 g/mol. The van der Waals surface area contributed by atoms with Gasteiger partial charge in [-0.2, -0.15) is 0 Å². The summed E-state index contributed by atoms with van der Waals surface area (Å²) in [5.74, 6) is 0.416. The summed E-state index contributed by atoms with van der Waals surface area (Å²) in [6, 6.07) is 0. The second-order valence-corrected chi connectivity index (χ2v) is 27.1. The lowest BCUT2D eigenvalue weighted by Crippen LogP contribution is -2.49. The van der Waals surface area contributed by atoms with Gasteiger partial charge in [-0.3, -0.25) is 9.59 Å². The minimum absolute atomic E-state index is 0.0839. The number of carbonyl (C=O) groups excluding carboxylic acids is 2. The molecule has 1 fully saturated rings. The third-order valence-electron chi connectivity index (χ3n) is 12.2. The standard InChI is InChI=1S/C37H66O6Si2/c1-15-37(10,16-2)34(39)41-31-23-28(42-44(11,12)35(4,5)6)21-26-18-17-25(3)30(33(26)31)20-19-27-22-29(24-32(38)40-27)43-45(13,14)36(7,8)9/h17-18,21,25,27-31,33H,15-16,19-20,22-24H2,1-14H3. The minimum Gasteiger partial charge on any atom is -0.462 e. The number of allylic oxidation sites excluding steroid dienone is 2. The molecule has 45 heavy (non-hydrogen) atoms. The van der Waals surface area contributed by atoms with Crippen molar-refractivity contribution >= 4 is 28.6 Å². The summed E-state index contributed by atoms with van der Waals surface area (Å²) in [6.07, 6.45) is 11.2. The van der Waals surface area contributed by atoms with Crippen molar-refractivity contribution < 1.29 is 27.9 Å². The van der Waals surface area contributed by atoms with E-state index in [2.05, 4.69) is 107 Å². The van der Waals surface area contributed by atoms with Crippen molar-refractivity contribution in [3.63, 3.8) is 0 Å². The van der Waals surface area contributed by atoms with Crippen molar-refractivity contribution in [2.75, 3.05) is 0 Å². The van der Waals surface area contributed by atoms with Gasteiger partial charge >= 0.3 is 11.9 Å². The Bertz CT molecular complexity index is 1110. The number of cyclic esters (lactones) is 1. The average Bonchev–Trinajstić information content (AvgIpc) is 2.90. The van der Waals surface area contributed by atoms with Crippen LogP contribution in [0.25, 0.3) is 0 Å². The number of rotatable bonds is 11. The van der Waals surface area contributed by atoms with Crippen LogP contribution in [0.15, 0.2) is 23.8 Å². The van der Waals surface area contributed by atoms with E-state index in [-0.39, 0.29) is 58.3 Å². The Hall–Kier alpha value is -1.23. The molecule has 258 valence electrons. The van der Waals surface area contributed by atoms with E-state index in [0.717, 1.165) is 32.1 Å². The van der Waals surface area contributed by atoms with Gasteiger partial charge in [-0.05, 0) is 86.3 Å². The number of hydrogen-bond acceptors (Lipinski definition) is 6. The molecule has 0 amide bonds. The van der Waals surface area contributed by atoms with Crippen LogP contribution < -0.4 is 0 Å². The molecular formula is C37H66O6Si2. The Labute approximate surface area is 277 Å². The smallest absolute Gasteiger partial charge is 0.312 e. The number of fused-ring (bicyclic) bond motifs is 1. The van der Waals surface area contributed by atoms with E-state index in [1.165, 1.54) is 5.57 Å². The van der Waals surface area contributed by atoms with Gasteiger partial charge in [-0.25, -0.2) is 0 Å². The Morgan fingerprint density at radius 2 is 1.49 bits per heavy atom. The van der Waals surface area contributed by atoms with E-state index in [1.54, 1.807) is 0 Å². The van der Waals surface area contributed by atoms with Gasteiger partial charge in [0.25, 0.3) is 0 Å². The zero-order chi connectivity index (χ0) is 34.2. The van der Waals surface area contributed by atoms with E-state index < -0.39 is 22.0 Å². The molecule has 1 aliphatic heterocycles. The summed E-state index contributed by atoms with van der Waals surface area (Å²) in [7, 11) is -4.05. The highest BCUT2D eigenvalue weighted by molar-refractivity contribution is 6.74. The molecular weight excluding hydrogens is 597 g/mol. The van der Waals surface area contributed by atoms with Crippen molar-refractivity contribution in [1.82, 2.24) is 0 Å². The Morgan fingerprint density at radius 3 is 2.04 bits per heavy atom. The molecule has 0 N–H and O–H groups in total. The SMILES string of the molecule is CCC(C)(CC)C(=O)OC1CC(O[Si](C)(C)C(C)(C)C)C=C2C=CC(C)C(CCC3CC(O[Si](C)(C)C(C)(C)C)CC(=O)O3)C21. The molecule has 0 spiro atoms. The zero-order valence-electron chi connectivity index (χ0n) is 31.2. The maximum Gasteiger partial charge on any atom is 0.312 e. The molecule has 2 aliphatic carbocycles. The lowest BCUT2D eigenvalue weighted by atomic mass is 9.66. The van der Waals surface area contributed by atoms with Crippen LogP contribution >= 0.6 is 0 Å². The average molecular weight is 663 g/mol. The molecule has 7 atom stereocenters. The molecule has 0 bridgehead atoms. The predicted molar refractivity (Wildman–Crippen MR) is 189 cm³/mol. The first-order chi connectivity index (χ1) is 20.5. The molecule has 1 heterocycles. The highest BCUT2D eigenvalue weighted by Crippen LogP contribution is 2.47. The molecule has 3 aliphatic rings. The Morgan fingerprint density at radius 1 is 0.911 bits per heavy atom. The summed E-state index contributed by atoms with van der Waals surface area (Å²) in [6.45, 7) is 31.0. The van der Waals surface area contributed by atoms with Gasteiger partial charge in [0.2, 0.25) is 0 Å². The molecule has 1 saturated heterocycles. The van der Waals surface area contributed by atoms with E-state index in [4.69, 9.17) is 18.3 Å². The molecule has 0 radical (unpaired) electrons. The third kappa shape index (κ3) is 9.02. The van der Waals surface area contributed by atoms with Crippen LogP contribution in [0.5, 0.6) is 0 Å². The second-order valence-electron chi connectivity index (χ2n) is 17.6. The maximum absolute atomic E-state index is 13.7. The lowest BCUT2D eigenvalue weighted by Gasteiger charge is -2.46. The fourth-order valence-electron chi connectivity index (χ4n) is 6.51. The summed E-state index contributed by atoms with van der Waals surface area (Å²) in [5.41, 5.74) is 0.721. The normalized spacial score (nSPS) is 30.0. The molecule has 8 heteroatoms. The van der Waals surface area contributed by atoms with Crippen molar-refractivity contribution in [3.05, 3.63) is 23.8 Å². The Balaban J connectivity index is 1.86. The zero-order valence-corrected chi connectivity index (χ0v) is 33.2. The van der Waals surface area contributed by atoms with Gasteiger partial charge in [0.1, 0.15) is 12.2 Å². The molecule has 7 unspecified atom stereocenters. The predicted octanol–water partition coefficient (Wildman–Crippen LogP) is 9.76. The van der Waals surface area contributed by atoms with Gasteiger partial charge in [0, 0.05) is 18.8 Å². The summed E-state index contributed by atoms with van der Waals surface area (Å²) in [5, 5.41) is 0.169. The highest BCUT2D eigenvalue weighted by atomic mass is 28.4. The topological polar surface area (TPSA) is 71.1 Å². The van der Waals surface area contributed by atoms with Gasteiger partial charge in [-0.1, -0.05) is 80.5 Å². The first kappa shape index (κ1) is 38.2. The number of ether oxygens (including phenoxy) is 2. The van der Waals surface area contributed by atoms with Gasteiger partial charge in [0.05, 0.1) is 24.0 Å². The van der Waals surface area contributed by atoms with E-state index >= 15 is 0 Å². The largest absolute Gasteiger partial charge is 0.462 e. The molecule has 0 saturated carbocycles. The summed E-state index contributed by atoms with van der Waals surface area (Å²) >= 11 is 0. The van der Waals surface area contributed by atoms with Crippen LogP contribution in [-0.2, 0) is 27.9 Å². The lowest BCUT2D eigenvalue weighted by molar-refractivity contribution is -0.167. The second kappa shape index (κ2) is 14.1.